The normalized spacial score (nSPS) is 11.3. The SMILES string of the molecule is CCc1sc(-c2nnc(CSc3nnnn3Cc3cccs3)o2)cc1C. The van der Waals surface area contributed by atoms with Crippen molar-refractivity contribution in [3.8, 4) is 10.8 Å². The quantitative estimate of drug-likeness (QED) is 0.430. The van der Waals surface area contributed by atoms with Crippen molar-refractivity contribution >= 4 is 34.4 Å². The Hall–Kier alpha value is -2.04. The van der Waals surface area contributed by atoms with Crippen LogP contribution >= 0.6 is 34.4 Å². The van der Waals surface area contributed by atoms with Gasteiger partial charge in [-0.2, -0.15) is 0 Å². The van der Waals surface area contributed by atoms with Crippen LogP contribution in [0.25, 0.3) is 10.8 Å². The smallest absolute Gasteiger partial charge is 0.257 e. The monoisotopic (exact) mass is 404 g/mol. The summed E-state index contributed by atoms with van der Waals surface area (Å²) in [6, 6.07) is 6.20. The van der Waals surface area contributed by atoms with E-state index in [0.717, 1.165) is 16.5 Å². The molecule has 0 fully saturated rings. The van der Waals surface area contributed by atoms with Crippen molar-refractivity contribution < 1.29 is 4.42 Å². The van der Waals surface area contributed by atoms with Crippen LogP contribution < -0.4 is 0 Å². The maximum atomic E-state index is 5.82. The molecule has 0 bridgehead atoms. The van der Waals surface area contributed by atoms with Gasteiger partial charge >= 0.3 is 0 Å². The molecule has 26 heavy (non-hydrogen) atoms. The van der Waals surface area contributed by atoms with Crippen LogP contribution in [0.2, 0.25) is 0 Å². The Morgan fingerprint density at radius 1 is 1.27 bits per heavy atom. The van der Waals surface area contributed by atoms with E-state index in [2.05, 4.69) is 51.7 Å². The number of tetrazole rings is 1. The molecule has 4 aromatic heterocycles. The molecule has 0 unspecified atom stereocenters. The molecule has 0 aliphatic rings. The van der Waals surface area contributed by atoms with Gasteiger partial charge in [-0.15, -0.1) is 38.0 Å². The lowest BCUT2D eigenvalue weighted by Gasteiger charge is -2.00. The van der Waals surface area contributed by atoms with Gasteiger partial charge in [-0.25, -0.2) is 4.68 Å². The van der Waals surface area contributed by atoms with Crippen LogP contribution in [0.3, 0.4) is 0 Å². The summed E-state index contributed by atoms with van der Waals surface area (Å²) in [4.78, 5) is 3.58. The van der Waals surface area contributed by atoms with Gasteiger partial charge in [0.25, 0.3) is 5.89 Å². The molecule has 0 aliphatic carbocycles. The van der Waals surface area contributed by atoms with E-state index < -0.39 is 0 Å². The number of thiophene rings is 2. The summed E-state index contributed by atoms with van der Waals surface area (Å²) in [5, 5.41) is 23.0. The first-order chi connectivity index (χ1) is 12.7. The maximum absolute atomic E-state index is 5.82. The van der Waals surface area contributed by atoms with Crippen molar-refractivity contribution in [2.45, 2.75) is 37.7 Å². The first kappa shape index (κ1) is 17.4. The van der Waals surface area contributed by atoms with Gasteiger partial charge in [0.2, 0.25) is 11.0 Å². The van der Waals surface area contributed by atoms with E-state index in [4.69, 9.17) is 4.42 Å². The van der Waals surface area contributed by atoms with Gasteiger partial charge in [-0.1, -0.05) is 24.8 Å². The lowest BCUT2D eigenvalue weighted by molar-refractivity contribution is 0.529. The minimum absolute atomic E-state index is 0.531. The molecule has 0 aliphatic heterocycles. The van der Waals surface area contributed by atoms with Crippen LogP contribution in [-0.4, -0.2) is 30.4 Å². The molecule has 134 valence electrons. The zero-order valence-corrected chi connectivity index (χ0v) is 16.7. The Bertz CT molecular complexity index is 988. The molecule has 0 amide bonds. The first-order valence-corrected chi connectivity index (χ1v) is 10.7. The zero-order chi connectivity index (χ0) is 17.9. The second kappa shape index (κ2) is 7.68. The van der Waals surface area contributed by atoms with Crippen molar-refractivity contribution in [1.82, 2.24) is 30.4 Å². The van der Waals surface area contributed by atoms with Gasteiger partial charge in [0.05, 0.1) is 17.2 Å². The number of rotatable bonds is 7. The van der Waals surface area contributed by atoms with Crippen molar-refractivity contribution in [2.24, 2.45) is 0 Å². The molecular formula is C16H16N6OS3. The second-order valence-electron chi connectivity index (χ2n) is 5.56. The summed E-state index contributed by atoms with van der Waals surface area (Å²) in [7, 11) is 0. The van der Waals surface area contributed by atoms with Crippen molar-refractivity contribution in [3.05, 3.63) is 44.8 Å². The predicted octanol–water partition coefficient (Wildman–Crippen LogP) is 4.06. The summed E-state index contributed by atoms with van der Waals surface area (Å²) >= 11 is 4.88. The summed E-state index contributed by atoms with van der Waals surface area (Å²) in [6.07, 6.45) is 1.01. The van der Waals surface area contributed by atoms with E-state index in [1.54, 1.807) is 27.4 Å². The minimum atomic E-state index is 0.531. The Kier molecular flexibility index (Phi) is 5.14. The third-order valence-electron chi connectivity index (χ3n) is 3.73. The molecule has 0 spiro atoms. The number of hydrogen-bond donors (Lipinski definition) is 0. The third kappa shape index (κ3) is 3.71. The van der Waals surface area contributed by atoms with Gasteiger partial charge in [0.1, 0.15) is 0 Å². The predicted molar refractivity (Wildman–Crippen MR) is 103 cm³/mol. The number of nitrogens with zero attached hydrogens (tertiary/aromatic N) is 6. The molecule has 0 saturated heterocycles. The molecule has 0 atom stereocenters. The molecule has 0 saturated carbocycles. The van der Waals surface area contributed by atoms with Crippen LogP contribution in [0.1, 0.15) is 28.1 Å². The highest BCUT2D eigenvalue weighted by Crippen LogP contribution is 2.31. The van der Waals surface area contributed by atoms with Gasteiger partial charge in [0, 0.05) is 9.75 Å². The van der Waals surface area contributed by atoms with Crippen LogP contribution in [0.4, 0.5) is 0 Å². The number of hydrogen-bond acceptors (Lipinski definition) is 9. The average molecular weight is 405 g/mol. The number of thioether (sulfide) groups is 1. The van der Waals surface area contributed by atoms with Crippen molar-refractivity contribution in [2.75, 3.05) is 0 Å². The van der Waals surface area contributed by atoms with E-state index in [0.29, 0.717) is 24.1 Å². The van der Waals surface area contributed by atoms with Gasteiger partial charge in [-0.05, 0) is 46.8 Å². The van der Waals surface area contributed by atoms with Crippen LogP contribution in [0, 0.1) is 6.92 Å². The standard InChI is InChI=1S/C16H16N6OS3/c1-3-12-10(2)7-13(26-12)15-18-17-14(23-15)9-25-16-19-20-21-22(16)8-11-5-4-6-24-11/h4-7H,3,8-9H2,1-2H3. The summed E-state index contributed by atoms with van der Waals surface area (Å²) in [5.41, 5.74) is 1.27. The first-order valence-electron chi connectivity index (χ1n) is 8.06. The molecule has 0 N–H and O–H groups in total. The zero-order valence-electron chi connectivity index (χ0n) is 14.2. The fourth-order valence-electron chi connectivity index (χ4n) is 2.46. The topological polar surface area (TPSA) is 82.5 Å². The van der Waals surface area contributed by atoms with Crippen LogP contribution in [0.5, 0.6) is 0 Å². The fourth-order valence-corrected chi connectivity index (χ4v) is 4.90. The van der Waals surface area contributed by atoms with Gasteiger partial charge < -0.3 is 4.42 Å². The lowest BCUT2D eigenvalue weighted by Crippen LogP contribution is -2.02. The van der Waals surface area contributed by atoms with Gasteiger partial charge in [0.15, 0.2) is 0 Å². The molecule has 4 aromatic rings. The molecule has 10 heteroatoms. The highest BCUT2D eigenvalue weighted by atomic mass is 32.2. The molecule has 4 rings (SSSR count). The van der Waals surface area contributed by atoms with E-state index in [1.165, 1.54) is 27.1 Å². The van der Waals surface area contributed by atoms with Gasteiger partial charge in [-0.3, -0.25) is 0 Å². The fraction of sp³-hybridized carbons (Fsp3) is 0.312. The number of aryl methyl sites for hydroxylation is 2. The largest absolute Gasteiger partial charge is 0.419 e. The minimum Gasteiger partial charge on any atom is -0.419 e. The highest BCUT2D eigenvalue weighted by Gasteiger charge is 2.15. The summed E-state index contributed by atoms with van der Waals surface area (Å²) in [5.74, 6) is 1.68. The summed E-state index contributed by atoms with van der Waals surface area (Å²) in [6.45, 7) is 4.93. The maximum Gasteiger partial charge on any atom is 0.257 e. The van der Waals surface area contributed by atoms with E-state index in [9.17, 15) is 0 Å². The lowest BCUT2D eigenvalue weighted by atomic mass is 10.2. The van der Waals surface area contributed by atoms with Crippen LogP contribution in [-0.2, 0) is 18.7 Å². The Morgan fingerprint density at radius 3 is 2.96 bits per heavy atom. The van der Waals surface area contributed by atoms with Crippen LogP contribution in [0.15, 0.2) is 33.2 Å². The number of aromatic nitrogens is 6. The van der Waals surface area contributed by atoms with Crippen molar-refractivity contribution in [1.29, 1.82) is 0 Å². The van der Waals surface area contributed by atoms with Crippen molar-refractivity contribution in [3.63, 3.8) is 0 Å². The average Bonchev–Trinajstić information content (AvgIpc) is 3.41. The second-order valence-corrected chi connectivity index (χ2v) is 8.67. The van der Waals surface area contributed by atoms with E-state index in [-0.39, 0.29) is 0 Å². The third-order valence-corrected chi connectivity index (χ3v) is 6.90. The molecule has 0 aromatic carbocycles. The highest BCUT2D eigenvalue weighted by molar-refractivity contribution is 7.98. The molecule has 4 heterocycles. The Morgan fingerprint density at radius 2 is 2.19 bits per heavy atom. The molecular weight excluding hydrogens is 388 g/mol. The Labute approximate surface area is 162 Å². The summed E-state index contributed by atoms with van der Waals surface area (Å²) < 4.78 is 7.60. The van der Waals surface area contributed by atoms with E-state index >= 15 is 0 Å². The molecule has 7 nitrogen and oxygen atoms in total. The molecule has 0 radical (unpaired) electrons. The Balaban J connectivity index is 1.43. The van der Waals surface area contributed by atoms with E-state index in [1.807, 2.05) is 11.4 Å².